The smallest absolute Gasteiger partial charge is 0.167 e. The molecule has 5 nitrogen and oxygen atoms in total. The van der Waals surface area contributed by atoms with E-state index in [-0.39, 0.29) is 0 Å². The Kier molecular flexibility index (Phi) is 6.52. The van der Waals surface area contributed by atoms with Crippen molar-refractivity contribution in [3.8, 4) is 45.3 Å². The Morgan fingerprint density at radius 1 is 0.509 bits per heavy atom. The van der Waals surface area contributed by atoms with Crippen molar-refractivity contribution in [3.05, 3.63) is 157 Å². The summed E-state index contributed by atoms with van der Waals surface area (Å²) >= 11 is 0. The molecule has 0 bridgehead atoms. The second-order valence-corrected chi connectivity index (χ2v) is 14.1. The molecule has 5 heteroatoms. The van der Waals surface area contributed by atoms with Gasteiger partial charge in [-0.1, -0.05) is 116 Å². The lowest BCUT2D eigenvalue weighted by Gasteiger charge is -2.11. The molecule has 0 saturated carbocycles. The summed E-state index contributed by atoms with van der Waals surface area (Å²) in [5, 5.41) is 7.91. The van der Waals surface area contributed by atoms with Gasteiger partial charge in [0.05, 0.1) is 5.56 Å². The minimum Gasteiger partial charge on any atom is -0.456 e. The summed E-state index contributed by atoms with van der Waals surface area (Å²) in [6.07, 6.45) is 5.26. The predicted molar refractivity (Wildman–Crippen MR) is 216 cm³/mol. The van der Waals surface area contributed by atoms with Crippen LogP contribution in [0.4, 0.5) is 0 Å². The van der Waals surface area contributed by atoms with Crippen LogP contribution in [-0.4, -0.2) is 15.0 Å². The molecule has 1 atom stereocenters. The normalized spacial score (nSPS) is 14.2. The summed E-state index contributed by atoms with van der Waals surface area (Å²) in [4.78, 5) is 15.4. The molecule has 250 valence electrons. The third-order valence-electron chi connectivity index (χ3n) is 10.6. The van der Waals surface area contributed by atoms with Crippen molar-refractivity contribution in [2.75, 3.05) is 0 Å². The number of hydrogen-bond donors (Lipinski definition) is 0. The van der Waals surface area contributed by atoms with Crippen LogP contribution in [0.3, 0.4) is 0 Å². The molecule has 0 spiro atoms. The maximum Gasteiger partial charge on any atom is 0.167 e. The highest BCUT2D eigenvalue weighted by Crippen LogP contribution is 2.40. The van der Waals surface area contributed by atoms with Crippen molar-refractivity contribution in [2.45, 2.75) is 13.3 Å². The highest BCUT2D eigenvalue weighted by Gasteiger charge is 2.22. The summed E-state index contributed by atoms with van der Waals surface area (Å²) in [6.45, 7) is 2.24. The zero-order valence-electron chi connectivity index (χ0n) is 28.9. The third kappa shape index (κ3) is 4.89. The highest BCUT2D eigenvalue weighted by atomic mass is 16.3. The average Bonchev–Trinajstić information content (AvgIpc) is 3.78. The first-order valence-electron chi connectivity index (χ1n) is 18.1. The van der Waals surface area contributed by atoms with Crippen LogP contribution < -0.4 is 0 Å². The standard InChI is InChI=1S/C48H31N3O2/c1-28-16-23-42-40(24-28)37-12-6-13-39(45(37)53-42)48-50-46(34-21-17-29-8-2-3-9-30(29)26-34)49-47(51-48)35-22-19-31-25-33(20-18-32(31)27-35)36-11-7-15-43-44(36)38-10-4-5-14-41(38)52-43/h2-23,25-28H,24H2,1H3. The first-order valence-corrected chi connectivity index (χ1v) is 18.1. The van der Waals surface area contributed by atoms with Crippen molar-refractivity contribution in [2.24, 2.45) is 5.92 Å². The van der Waals surface area contributed by atoms with E-state index in [0.29, 0.717) is 23.4 Å². The molecule has 7 aromatic carbocycles. The third-order valence-corrected chi connectivity index (χ3v) is 10.6. The van der Waals surface area contributed by atoms with Gasteiger partial charge < -0.3 is 8.83 Å². The molecule has 0 fully saturated rings. The number of benzene rings is 7. The molecule has 0 aliphatic heterocycles. The number of aromatic nitrogens is 3. The van der Waals surface area contributed by atoms with Gasteiger partial charge in [0.15, 0.2) is 17.5 Å². The molecule has 10 aromatic rings. The SMILES string of the molecule is CC1C=Cc2oc3c(-c4nc(-c5ccc6ccccc6c5)nc(-c5ccc6cc(-c7cccc8oc9ccccc9c78)ccc6c5)n4)cccc3c2C1. The molecule has 3 heterocycles. The second kappa shape index (κ2) is 11.6. The largest absolute Gasteiger partial charge is 0.456 e. The van der Waals surface area contributed by atoms with Crippen molar-refractivity contribution >= 4 is 60.5 Å². The topological polar surface area (TPSA) is 65.0 Å². The molecule has 0 radical (unpaired) electrons. The van der Waals surface area contributed by atoms with Crippen LogP contribution in [0.5, 0.6) is 0 Å². The van der Waals surface area contributed by atoms with Crippen molar-refractivity contribution in [1.82, 2.24) is 15.0 Å². The predicted octanol–water partition coefficient (Wildman–Crippen LogP) is 12.7. The van der Waals surface area contributed by atoms with Crippen molar-refractivity contribution < 1.29 is 8.83 Å². The lowest BCUT2D eigenvalue weighted by atomic mass is 9.93. The fourth-order valence-corrected chi connectivity index (χ4v) is 8.00. The van der Waals surface area contributed by atoms with Crippen LogP contribution >= 0.6 is 0 Å². The molecule has 1 unspecified atom stereocenters. The van der Waals surface area contributed by atoms with E-state index >= 15 is 0 Å². The lowest BCUT2D eigenvalue weighted by molar-refractivity contribution is 0.584. The quantitative estimate of drug-likeness (QED) is 0.185. The van der Waals surface area contributed by atoms with Crippen molar-refractivity contribution in [3.63, 3.8) is 0 Å². The number of rotatable bonds is 4. The molecule has 1 aliphatic carbocycles. The Morgan fingerprint density at radius 2 is 1.11 bits per heavy atom. The first-order chi connectivity index (χ1) is 26.1. The molecular weight excluding hydrogens is 651 g/mol. The monoisotopic (exact) mass is 681 g/mol. The summed E-state index contributed by atoms with van der Waals surface area (Å²) < 4.78 is 12.7. The zero-order chi connectivity index (χ0) is 35.0. The van der Waals surface area contributed by atoms with E-state index in [1.807, 2.05) is 18.2 Å². The van der Waals surface area contributed by atoms with Crippen molar-refractivity contribution in [1.29, 1.82) is 0 Å². The van der Waals surface area contributed by atoms with Gasteiger partial charge in [-0.2, -0.15) is 0 Å². The fraction of sp³-hybridized carbons (Fsp3) is 0.0625. The Balaban J connectivity index is 1.06. The molecule has 0 saturated heterocycles. The second-order valence-electron chi connectivity index (χ2n) is 14.1. The number of furan rings is 2. The molecule has 11 rings (SSSR count). The maximum absolute atomic E-state index is 6.53. The minimum absolute atomic E-state index is 0.457. The van der Waals surface area contributed by atoms with E-state index in [4.69, 9.17) is 23.8 Å². The average molecular weight is 682 g/mol. The summed E-state index contributed by atoms with van der Waals surface area (Å²) in [7, 11) is 0. The first kappa shape index (κ1) is 29.8. The number of nitrogens with zero attached hydrogens (tertiary/aromatic N) is 3. The summed E-state index contributed by atoms with van der Waals surface area (Å²) in [5.41, 5.74) is 8.84. The Bertz CT molecular complexity index is 3130. The molecule has 1 aliphatic rings. The Hall–Kier alpha value is -6.85. The molecular formula is C48H31N3O2. The van der Waals surface area contributed by atoms with Gasteiger partial charge in [-0.25, -0.2) is 15.0 Å². The maximum atomic E-state index is 6.53. The van der Waals surface area contributed by atoms with E-state index in [9.17, 15) is 0 Å². The Morgan fingerprint density at radius 3 is 1.94 bits per heavy atom. The summed E-state index contributed by atoms with van der Waals surface area (Å²) in [5.74, 6) is 3.19. The van der Waals surface area contributed by atoms with Crippen LogP contribution in [0, 0.1) is 5.92 Å². The highest BCUT2D eigenvalue weighted by molar-refractivity contribution is 6.13. The van der Waals surface area contributed by atoms with Gasteiger partial charge in [-0.3, -0.25) is 0 Å². The van der Waals surface area contributed by atoms with Crippen LogP contribution in [0.1, 0.15) is 18.2 Å². The minimum atomic E-state index is 0.457. The number of hydrogen-bond acceptors (Lipinski definition) is 5. The number of fused-ring (bicyclic) bond motifs is 8. The molecule has 53 heavy (non-hydrogen) atoms. The van der Waals surface area contributed by atoms with Gasteiger partial charge >= 0.3 is 0 Å². The van der Waals surface area contributed by atoms with Gasteiger partial charge in [0.1, 0.15) is 22.5 Å². The fourth-order valence-electron chi connectivity index (χ4n) is 8.00. The van der Waals surface area contributed by atoms with Crippen LogP contribution in [-0.2, 0) is 6.42 Å². The molecule has 3 aromatic heterocycles. The van der Waals surface area contributed by atoms with Crippen LogP contribution in [0.25, 0.3) is 106 Å². The molecule has 0 amide bonds. The van der Waals surface area contributed by atoms with Gasteiger partial charge in [0.2, 0.25) is 0 Å². The van der Waals surface area contributed by atoms with E-state index < -0.39 is 0 Å². The zero-order valence-corrected chi connectivity index (χ0v) is 28.9. The van der Waals surface area contributed by atoms with Gasteiger partial charge in [0.25, 0.3) is 0 Å². The van der Waals surface area contributed by atoms with E-state index in [2.05, 4.69) is 140 Å². The van der Waals surface area contributed by atoms with Gasteiger partial charge in [0, 0.05) is 32.8 Å². The van der Waals surface area contributed by atoms with E-state index in [0.717, 1.165) is 89.1 Å². The van der Waals surface area contributed by atoms with Crippen LogP contribution in [0.2, 0.25) is 0 Å². The van der Waals surface area contributed by atoms with Gasteiger partial charge in [-0.15, -0.1) is 0 Å². The number of allylic oxidation sites excluding steroid dienone is 1. The summed E-state index contributed by atoms with van der Waals surface area (Å²) in [6, 6.07) is 48.6. The Labute approximate surface area is 304 Å². The van der Waals surface area contributed by atoms with E-state index in [1.165, 1.54) is 10.9 Å². The molecule has 0 N–H and O–H groups in total. The van der Waals surface area contributed by atoms with Crippen LogP contribution in [0.15, 0.2) is 154 Å². The lowest BCUT2D eigenvalue weighted by Crippen LogP contribution is -2.01. The van der Waals surface area contributed by atoms with E-state index in [1.54, 1.807) is 0 Å². The van der Waals surface area contributed by atoms with Gasteiger partial charge in [-0.05, 0) is 87.5 Å². The number of para-hydroxylation sites is 2.